The number of aromatic hydroxyl groups is 1. The lowest BCUT2D eigenvalue weighted by molar-refractivity contribution is 0.0928. The van der Waals surface area contributed by atoms with Crippen molar-refractivity contribution in [3.05, 3.63) is 71.4 Å². The highest BCUT2D eigenvalue weighted by Gasteiger charge is 2.21. The molecule has 4 rings (SSSR count). The number of aromatic nitrogens is 2. The Hall–Kier alpha value is -3.08. The molecule has 1 heterocycles. The number of carbonyl (C=O) groups excluding carboxylic acids is 1. The first kappa shape index (κ1) is 15.4. The molecule has 0 unspecified atom stereocenters. The summed E-state index contributed by atoms with van der Waals surface area (Å²) in [6, 6.07) is 17.0. The van der Waals surface area contributed by atoms with Crippen LogP contribution in [-0.2, 0) is 12.8 Å². The van der Waals surface area contributed by atoms with E-state index in [1.807, 2.05) is 6.07 Å². The molecular formula is C20H19N3O2. The Morgan fingerprint density at radius 3 is 2.68 bits per heavy atom. The third kappa shape index (κ3) is 3.26. The van der Waals surface area contributed by atoms with E-state index in [4.69, 9.17) is 0 Å². The van der Waals surface area contributed by atoms with E-state index in [2.05, 4.69) is 33.7 Å². The van der Waals surface area contributed by atoms with Crippen LogP contribution >= 0.6 is 0 Å². The molecule has 0 saturated carbocycles. The maximum Gasteiger partial charge on any atom is 0.269 e. The van der Waals surface area contributed by atoms with Crippen molar-refractivity contribution in [2.24, 2.45) is 0 Å². The van der Waals surface area contributed by atoms with Gasteiger partial charge in [-0.15, -0.1) is 0 Å². The van der Waals surface area contributed by atoms with E-state index >= 15 is 0 Å². The number of phenols is 1. The molecule has 0 bridgehead atoms. The molecule has 3 N–H and O–H groups in total. The summed E-state index contributed by atoms with van der Waals surface area (Å²) in [5, 5.41) is 19.5. The van der Waals surface area contributed by atoms with Crippen molar-refractivity contribution in [2.45, 2.75) is 25.3 Å². The first-order chi connectivity index (χ1) is 12.2. The maximum atomic E-state index is 12.5. The third-order valence-corrected chi connectivity index (χ3v) is 4.67. The highest BCUT2D eigenvalue weighted by atomic mass is 16.3. The van der Waals surface area contributed by atoms with E-state index in [-0.39, 0.29) is 17.7 Å². The van der Waals surface area contributed by atoms with Crippen LogP contribution in [0.5, 0.6) is 5.75 Å². The summed E-state index contributed by atoms with van der Waals surface area (Å²) >= 11 is 0. The molecule has 5 nitrogen and oxygen atoms in total. The van der Waals surface area contributed by atoms with E-state index in [1.54, 1.807) is 30.3 Å². The number of hydrogen-bond acceptors (Lipinski definition) is 3. The molecule has 5 heteroatoms. The zero-order valence-corrected chi connectivity index (χ0v) is 13.7. The molecule has 1 aromatic heterocycles. The second-order valence-electron chi connectivity index (χ2n) is 6.40. The topological polar surface area (TPSA) is 78.0 Å². The summed E-state index contributed by atoms with van der Waals surface area (Å²) in [4.78, 5) is 12.5. The van der Waals surface area contributed by atoms with Gasteiger partial charge in [-0.25, -0.2) is 0 Å². The fraction of sp³-hybridized carbons (Fsp3) is 0.200. The lowest BCUT2D eigenvalue weighted by Crippen LogP contribution is -2.39. The Morgan fingerprint density at radius 1 is 1.12 bits per heavy atom. The average molecular weight is 333 g/mol. The van der Waals surface area contributed by atoms with Crippen LogP contribution in [0.25, 0.3) is 11.3 Å². The minimum atomic E-state index is -0.137. The van der Waals surface area contributed by atoms with Crippen molar-refractivity contribution < 1.29 is 9.90 Å². The van der Waals surface area contributed by atoms with Crippen molar-refractivity contribution in [1.29, 1.82) is 0 Å². The summed E-state index contributed by atoms with van der Waals surface area (Å²) in [6.45, 7) is 0. The Morgan fingerprint density at radius 2 is 1.88 bits per heavy atom. The van der Waals surface area contributed by atoms with E-state index in [0.29, 0.717) is 11.4 Å². The summed E-state index contributed by atoms with van der Waals surface area (Å²) in [5.74, 6) is 0.0664. The number of rotatable bonds is 3. The van der Waals surface area contributed by atoms with E-state index in [1.165, 1.54) is 11.1 Å². The van der Waals surface area contributed by atoms with Crippen molar-refractivity contribution >= 4 is 5.91 Å². The van der Waals surface area contributed by atoms with E-state index < -0.39 is 0 Å². The van der Waals surface area contributed by atoms with Gasteiger partial charge in [0.1, 0.15) is 11.4 Å². The largest absolute Gasteiger partial charge is 0.508 e. The van der Waals surface area contributed by atoms with Crippen LogP contribution in [0, 0.1) is 0 Å². The predicted molar refractivity (Wildman–Crippen MR) is 95.4 cm³/mol. The lowest BCUT2D eigenvalue weighted by Gasteiger charge is -2.25. The number of aryl methyl sites for hydroxylation is 1. The zero-order valence-electron chi connectivity index (χ0n) is 13.7. The number of amides is 1. The fourth-order valence-electron chi connectivity index (χ4n) is 3.30. The Bertz CT molecular complexity index is 899. The SMILES string of the molecule is O=C(N[C@H]1CCc2ccccc2C1)c1cc(-c2ccc(O)cc2)n[nH]1. The molecule has 0 spiro atoms. The number of H-pyrrole nitrogens is 1. The van der Waals surface area contributed by atoms with Crippen LogP contribution < -0.4 is 5.32 Å². The van der Waals surface area contributed by atoms with Gasteiger partial charge in [-0.05, 0) is 60.7 Å². The predicted octanol–water partition coefficient (Wildman–Crippen LogP) is 3.07. The first-order valence-corrected chi connectivity index (χ1v) is 8.41. The third-order valence-electron chi connectivity index (χ3n) is 4.67. The van der Waals surface area contributed by atoms with Crippen LogP contribution in [0.15, 0.2) is 54.6 Å². The van der Waals surface area contributed by atoms with Gasteiger partial charge >= 0.3 is 0 Å². The Kier molecular flexibility index (Phi) is 3.98. The molecule has 0 radical (unpaired) electrons. The number of hydrogen-bond donors (Lipinski definition) is 3. The van der Waals surface area contributed by atoms with E-state index in [9.17, 15) is 9.90 Å². The molecule has 0 saturated heterocycles. The van der Waals surface area contributed by atoms with Crippen molar-refractivity contribution in [3.8, 4) is 17.0 Å². The number of aromatic amines is 1. The number of benzene rings is 2. The van der Waals surface area contributed by atoms with Gasteiger partial charge in [0.05, 0.1) is 5.69 Å². The van der Waals surface area contributed by atoms with Crippen LogP contribution in [0.3, 0.4) is 0 Å². The molecule has 0 aliphatic heterocycles. The summed E-state index contributed by atoms with van der Waals surface area (Å²) < 4.78 is 0. The van der Waals surface area contributed by atoms with Crippen LogP contribution in [0.1, 0.15) is 28.0 Å². The molecule has 25 heavy (non-hydrogen) atoms. The molecular weight excluding hydrogens is 314 g/mol. The smallest absolute Gasteiger partial charge is 0.269 e. The highest BCUT2D eigenvalue weighted by Crippen LogP contribution is 2.22. The quantitative estimate of drug-likeness (QED) is 0.689. The molecule has 1 amide bonds. The Balaban J connectivity index is 1.45. The zero-order chi connectivity index (χ0) is 17.2. The highest BCUT2D eigenvalue weighted by molar-refractivity contribution is 5.93. The Labute approximate surface area is 145 Å². The molecule has 1 atom stereocenters. The van der Waals surface area contributed by atoms with E-state index in [0.717, 1.165) is 24.8 Å². The minimum Gasteiger partial charge on any atom is -0.508 e. The standard InChI is InChI=1S/C20H19N3O2/c24-17-9-6-14(7-10-17)18-12-19(23-22-18)20(25)21-16-8-5-13-3-1-2-4-15(13)11-16/h1-4,6-7,9-10,12,16,24H,5,8,11H2,(H,21,25)(H,22,23)/t16-/m0/s1. The average Bonchev–Trinajstić information content (AvgIpc) is 3.12. The van der Waals surface area contributed by atoms with Crippen LogP contribution in [0.2, 0.25) is 0 Å². The number of carbonyl (C=O) groups is 1. The summed E-state index contributed by atoms with van der Waals surface area (Å²) in [7, 11) is 0. The van der Waals surface area contributed by atoms with Crippen molar-refractivity contribution in [2.75, 3.05) is 0 Å². The second kappa shape index (κ2) is 6.43. The normalized spacial score (nSPS) is 16.2. The van der Waals surface area contributed by atoms with Gasteiger partial charge in [-0.3, -0.25) is 9.89 Å². The van der Waals surface area contributed by atoms with Crippen LogP contribution in [-0.4, -0.2) is 27.3 Å². The molecule has 3 aromatic rings. The number of nitrogens with zero attached hydrogens (tertiary/aromatic N) is 1. The van der Waals surface area contributed by atoms with Crippen molar-refractivity contribution in [3.63, 3.8) is 0 Å². The van der Waals surface area contributed by atoms with Gasteiger partial charge in [0.15, 0.2) is 0 Å². The van der Waals surface area contributed by atoms with Crippen LogP contribution in [0.4, 0.5) is 0 Å². The number of nitrogens with one attached hydrogen (secondary N) is 2. The van der Waals surface area contributed by atoms with Gasteiger partial charge in [0.25, 0.3) is 5.91 Å². The second-order valence-corrected chi connectivity index (χ2v) is 6.40. The van der Waals surface area contributed by atoms with Gasteiger partial charge in [-0.2, -0.15) is 5.10 Å². The molecule has 0 fully saturated rings. The maximum absolute atomic E-state index is 12.5. The first-order valence-electron chi connectivity index (χ1n) is 8.41. The fourth-order valence-corrected chi connectivity index (χ4v) is 3.30. The van der Waals surface area contributed by atoms with Gasteiger partial charge in [-0.1, -0.05) is 24.3 Å². The molecule has 2 aromatic carbocycles. The van der Waals surface area contributed by atoms with Gasteiger partial charge in [0.2, 0.25) is 0 Å². The molecule has 126 valence electrons. The van der Waals surface area contributed by atoms with Crippen molar-refractivity contribution in [1.82, 2.24) is 15.5 Å². The summed E-state index contributed by atoms with van der Waals surface area (Å²) in [5.41, 5.74) is 4.67. The lowest BCUT2D eigenvalue weighted by atomic mass is 9.88. The molecule has 1 aliphatic carbocycles. The minimum absolute atomic E-state index is 0.137. The number of fused-ring (bicyclic) bond motifs is 1. The molecule has 1 aliphatic rings. The summed E-state index contributed by atoms with van der Waals surface area (Å²) in [6.07, 6.45) is 2.80. The van der Waals surface area contributed by atoms with Gasteiger partial charge in [0, 0.05) is 11.6 Å². The number of phenolic OH excluding ortho intramolecular Hbond substituents is 1. The monoisotopic (exact) mass is 333 g/mol. The van der Waals surface area contributed by atoms with Gasteiger partial charge < -0.3 is 10.4 Å².